The Balaban J connectivity index is 1.57. The first-order valence-electron chi connectivity index (χ1n) is 9.04. The van der Waals surface area contributed by atoms with Crippen molar-refractivity contribution in [1.82, 2.24) is 19.9 Å². The molecule has 0 radical (unpaired) electrons. The topological polar surface area (TPSA) is 84.9 Å². The molecule has 0 aromatic carbocycles. The molecule has 0 N–H and O–H groups in total. The van der Waals surface area contributed by atoms with Crippen LogP contribution in [0.3, 0.4) is 0 Å². The first kappa shape index (κ1) is 18.6. The molecule has 1 atom stereocenters. The number of rotatable bonds is 2. The number of nitrogens with zero attached hydrogens (tertiary/aromatic N) is 4. The lowest BCUT2D eigenvalue weighted by molar-refractivity contribution is -0.183. The summed E-state index contributed by atoms with van der Waals surface area (Å²) < 4.78 is 5.40. The highest BCUT2D eigenvalue weighted by atomic mass is 16.7. The number of aromatic nitrogens is 2. The molecule has 1 aromatic heterocycles. The highest BCUT2D eigenvalue weighted by Crippen LogP contribution is 2.33. The van der Waals surface area contributed by atoms with Gasteiger partial charge >= 0.3 is 6.09 Å². The van der Waals surface area contributed by atoms with Crippen molar-refractivity contribution in [3.8, 4) is 0 Å². The van der Waals surface area contributed by atoms with Crippen molar-refractivity contribution in [1.29, 1.82) is 0 Å². The fourth-order valence-electron chi connectivity index (χ4n) is 3.29. The van der Waals surface area contributed by atoms with E-state index >= 15 is 0 Å². The Kier molecular flexibility index (Phi) is 5.41. The average Bonchev–Trinajstić information content (AvgIpc) is 3.10. The summed E-state index contributed by atoms with van der Waals surface area (Å²) >= 11 is 0. The Hall–Kier alpha value is -2.22. The molecule has 142 valence electrons. The minimum atomic E-state index is -0.516. The monoisotopic (exact) mass is 362 g/mol. The van der Waals surface area contributed by atoms with Crippen LogP contribution >= 0.6 is 0 Å². The molecule has 1 aromatic rings. The average molecular weight is 362 g/mol. The van der Waals surface area contributed by atoms with Crippen LogP contribution in [-0.2, 0) is 14.4 Å². The lowest BCUT2D eigenvalue weighted by Gasteiger charge is -2.34. The zero-order valence-electron chi connectivity index (χ0n) is 15.6. The molecule has 26 heavy (non-hydrogen) atoms. The predicted molar refractivity (Wildman–Crippen MR) is 92.7 cm³/mol. The van der Waals surface area contributed by atoms with Gasteiger partial charge < -0.3 is 9.64 Å². The van der Waals surface area contributed by atoms with Gasteiger partial charge in [-0.2, -0.15) is 0 Å². The highest BCUT2D eigenvalue weighted by Gasteiger charge is 2.38. The Morgan fingerprint density at radius 3 is 2.42 bits per heavy atom. The van der Waals surface area contributed by atoms with E-state index in [1.807, 2.05) is 20.8 Å². The van der Waals surface area contributed by atoms with Crippen LogP contribution in [0.15, 0.2) is 18.7 Å². The third-order valence-electron chi connectivity index (χ3n) is 4.58. The minimum absolute atomic E-state index is 0.0276. The van der Waals surface area contributed by atoms with Crippen LogP contribution in [0, 0.1) is 5.92 Å². The fourth-order valence-corrected chi connectivity index (χ4v) is 3.29. The van der Waals surface area contributed by atoms with Crippen molar-refractivity contribution in [2.45, 2.75) is 51.7 Å². The maximum atomic E-state index is 12.9. The van der Waals surface area contributed by atoms with Gasteiger partial charge in [-0.05, 0) is 33.6 Å². The van der Waals surface area contributed by atoms with Gasteiger partial charge in [-0.15, -0.1) is 0 Å². The Morgan fingerprint density at radius 2 is 1.81 bits per heavy atom. The molecule has 0 spiro atoms. The van der Waals surface area contributed by atoms with E-state index in [1.54, 1.807) is 17.3 Å². The van der Waals surface area contributed by atoms with E-state index in [9.17, 15) is 9.59 Å². The molecule has 0 unspecified atom stereocenters. The fraction of sp³-hybridized carbons (Fsp3) is 0.667. The molecule has 2 amide bonds. The zero-order chi connectivity index (χ0) is 18.7. The van der Waals surface area contributed by atoms with Gasteiger partial charge in [-0.25, -0.2) is 19.8 Å². The van der Waals surface area contributed by atoms with E-state index in [-0.39, 0.29) is 24.0 Å². The van der Waals surface area contributed by atoms with Gasteiger partial charge in [0.25, 0.3) is 0 Å². The van der Waals surface area contributed by atoms with E-state index in [0.717, 1.165) is 12.0 Å². The van der Waals surface area contributed by atoms with E-state index < -0.39 is 5.60 Å². The summed E-state index contributed by atoms with van der Waals surface area (Å²) in [6.45, 7) is 7.07. The third-order valence-corrected chi connectivity index (χ3v) is 4.58. The van der Waals surface area contributed by atoms with E-state index in [0.29, 0.717) is 32.5 Å². The number of likely N-dealkylation sites (tertiary alicyclic amines) is 1. The molecule has 2 fully saturated rings. The number of ether oxygens (including phenoxy) is 1. The summed E-state index contributed by atoms with van der Waals surface area (Å²) in [5.74, 6) is -0.181. The van der Waals surface area contributed by atoms with Gasteiger partial charge in [-0.1, -0.05) is 0 Å². The van der Waals surface area contributed by atoms with Gasteiger partial charge in [0.2, 0.25) is 5.91 Å². The molecule has 0 bridgehead atoms. The maximum absolute atomic E-state index is 12.9. The molecule has 2 aliphatic heterocycles. The van der Waals surface area contributed by atoms with Gasteiger partial charge in [0.05, 0.1) is 12.6 Å². The van der Waals surface area contributed by atoms with Crippen molar-refractivity contribution < 1.29 is 19.2 Å². The lowest BCUT2D eigenvalue weighted by atomic mass is 9.95. The minimum Gasteiger partial charge on any atom is -0.444 e. The molecule has 2 saturated heterocycles. The number of piperidine rings is 1. The second-order valence-electron chi connectivity index (χ2n) is 7.72. The molecule has 3 heterocycles. The SMILES string of the molecule is CC(C)(C)OC(=O)N1CCC(C(=O)N2OCC[C@H]2c2cncnc2)CC1. The van der Waals surface area contributed by atoms with E-state index in [2.05, 4.69) is 9.97 Å². The second kappa shape index (κ2) is 7.57. The molecule has 0 aliphatic carbocycles. The van der Waals surface area contributed by atoms with Crippen molar-refractivity contribution in [2.24, 2.45) is 5.92 Å². The van der Waals surface area contributed by atoms with Gasteiger partial charge in [0.15, 0.2) is 0 Å². The molecule has 8 heteroatoms. The van der Waals surface area contributed by atoms with E-state index in [4.69, 9.17) is 9.57 Å². The van der Waals surface area contributed by atoms with Crippen molar-refractivity contribution in [2.75, 3.05) is 19.7 Å². The molecule has 8 nitrogen and oxygen atoms in total. The number of carbonyl (C=O) groups is 2. The van der Waals surface area contributed by atoms with Gasteiger partial charge in [0.1, 0.15) is 11.9 Å². The second-order valence-corrected chi connectivity index (χ2v) is 7.72. The van der Waals surface area contributed by atoms with Crippen LogP contribution in [0.1, 0.15) is 51.6 Å². The summed E-state index contributed by atoms with van der Waals surface area (Å²) in [4.78, 5) is 40.4. The number of amides is 2. The van der Waals surface area contributed by atoms with Crippen molar-refractivity contribution in [3.05, 3.63) is 24.3 Å². The van der Waals surface area contributed by atoms with Gasteiger partial charge in [0, 0.05) is 43.4 Å². The molecule has 2 aliphatic rings. The third kappa shape index (κ3) is 4.30. The van der Waals surface area contributed by atoms with Crippen LogP contribution in [0.5, 0.6) is 0 Å². The summed E-state index contributed by atoms with van der Waals surface area (Å²) in [7, 11) is 0. The highest BCUT2D eigenvalue weighted by molar-refractivity contribution is 5.79. The predicted octanol–water partition coefficient (Wildman–Crippen LogP) is 2.33. The molecular formula is C18H26N4O4. The number of carbonyl (C=O) groups excluding carboxylic acids is 2. The largest absolute Gasteiger partial charge is 0.444 e. The zero-order valence-corrected chi connectivity index (χ0v) is 15.6. The number of hydrogen-bond donors (Lipinski definition) is 0. The Labute approximate surface area is 153 Å². The summed E-state index contributed by atoms with van der Waals surface area (Å²) in [6, 6.07) is -0.146. The first-order valence-corrected chi connectivity index (χ1v) is 9.04. The quantitative estimate of drug-likeness (QED) is 0.803. The van der Waals surface area contributed by atoms with Crippen molar-refractivity contribution in [3.63, 3.8) is 0 Å². The Morgan fingerprint density at radius 1 is 1.15 bits per heavy atom. The van der Waals surface area contributed by atoms with Crippen LogP contribution in [0.2, 0.25) is 0 Å². The Bertz CT molecular complexity index is 638. The van der Waals surface area contributed by atoms with E-state index in [1.165, 1.54) is 11.4 Å². The smallest absolute Gasteiger partial charge is 0.410 e. The summed E-state index contributed by atoms with van der Waals surface area (Å²) in [5, 5.41) is 1.48. The summed E-state index contributed by atoms with van der Waals surface area (Å²) in [5.41, 5.74) is 0.363. The normalized spacial score (nSPS) is 21.7. The molecule has 0 saturated carbocycles. The standard InChI is InChI=1S/C18H26N4O4/c1-18(2,3)26-17(24)21-7-4-13(5-8-21)16(23)22-15(6-9-25-22)14-10-19-12-20-11-14/h10-13,15H,4-9H2,1-3H3/t15-/m0/s1. The molecular weight excluding hydrogens is 336 g/mol. The van der Waals surface area contributed by atoms with Crippen LogP contribution in [0.25, 0.3) is 0 Å². The maximum Gasteiger partial charge on any atom is 0.410 e. The van der Waals surface area contributed by atoms with Crippen molar-refractivity contribution >= 4 is 12.0 Å². The summed E-state index contributed by atoms with van der Waals surface area (Å²) in [6.07, 6.45) is 6.54. The van der Waals surface area contributed by atoms with Crippen LogP contribution < -0.4 is 0 Å². The van der Waals surface area contributed by atoms with Crippen LogP contribution in [0.4, 0.5) is 4.79 Å². The first-order chi connectivity index (χ1) is 12.3. The van der Waals surface area contributed by atoms with Gasteiger partial charge in [-0.3, -0.25) is 9.63 Å². The van der Waals surface area contributed by atoms with Crippen LogP contribution in [-0.4, -0.2) is 57.2 Å². The molecule has 3 rings (SSSR count). The lowest BCUT2D eigenvalue weighted by Crippen LogP contribution is -2.45. The number of hydroxylamine groups is 2. The number of hydrogen-bond acceptors (Lipinski definition) is 6.